The molecule has 4 aromatic carbocycles. The third kappa shape index (κ3) is 8.24. The Morgan fingerprint density at radius 2 is 1.27 bits per heavy atom. The van der Waals surface area contributed by atoms with E-state index in [2.05, 4.69) is 9.97 Å². The molecule has 1 unspecified atom stereocenters. The zero-order chi connectivity index (χ0) is 34.0. The maximum atomic E-state index is 13.5. The predicted molar refractivity (Wildman–Crippen MR) is 186 cm³/mol. The van der Waals surface area contributed by atoms with Gasteiger partial charge in [0.25, 0.3) is 0 Å². The van der Waals surface area contributed by atoms with Crippen molar-refractivity contribution in [1.82, 2.24) is 9.97 Å². The van der Waals surface area contributed by atoms with Crippen LogP contribution in [0.2, 0.25) is 0 Å². The number of nitrogens with two attached hydrogens (primary N) is 1. The first-order chi connectivity index (χ1) is 23.3. The number of hydrogen-bond donors (Lipinski definition) is 2. The number of fused-ring (bicyclic) bond motifs is 2. The lowest BCUT2D eigenvalue weighted by Gasteiger charge is -2.11. The summed E-state index contributed by atoms with van der Waals surface area (Å²) >= 11 is 6.03. The van der Waals surface area contributed by atoms with Gasteiger partial charge in [0.1, 0.15) is 34.2 Å². The van der Waals surface area contributed by atoms with Crippen LogP contribution in [0.25, 0.3) is 44.3 Å². The number of ether oxygens (including phenoxy) is 3. The standard InChI is InChI=1S/C17H13ClFNO.C17H15FN2O.C4H8O2/c1-21-15-7-3-5-11-8-13(10-18)16(20-17(11)15)12-4-2-6-14(19)9-12;1-21-15-7-3-5-11-8-13(10-19)16(20-17(11)15)12-4-2-6-14(18)9-12;5-4-2-1-3-6-4/h2-9H,10H2,1H3;2-9H,10,19H2,1H3;4-5H,1-3H2. The molecule has 0 saturated carbocycles. The van der Waals surface area contributed by atoms with Gasteiger partial charge in [-0.1, -0.05) is 48.5 Å². The van der Waals surface area contributed by atoms with E-state index in [1.54, 1.807) is 26.4 Å². The fourth-order valence-corrected chi connectivity index (χ4v) is 5.55. The van der Waals surface area contributed by atoms with Gasteiger partial charge in [0, 0.05) is 47.4 Å². The van der Waals surface area contributed by atoms with Crippen molar-refractivity contribution in [3.63, 3.8) is 0 Å². The Morgan fingerprint density at radius 1 is 0.771 bits per heavy atom. The van der Waals surface area contributed by atoms with E-state index < -0.39 is 6.29 Å². The second-order valence-electron chi connectivity index (χ2n) is 10.9. The van der Waals surface area contributed by atoms with Gasteiger partial charge < -0.3 is 25.1 Å². The number of para-hydroxylation sites is 2. The van der Waals surface area contributed by atoms with Gasteiger partial charge >= 0.3 is 0 Å². The smallest absolute Gasteiger partial charge is 0.154 e. The van der Waals surface area contributed by atoms with Crippen LogP contribution in [0.3, 0.4) is 0 Å². The molecule has 0 spiro atoms. The van der Waals surface area contributed by atoms with Crippen LogP contribution < -0.4 is 15.2 Å². The van der Waals surface area contributed by atoms with Crippen molar-refractivity contribution >= 4 is 33.4 Å². The van der Waals surface area contributed by atoms with E-state index in [-0.39, 0.29) is 11.6 Å². The molecule has 7 nitrogen and oxygen atoms in total. The summed E-state index contributed by atoms with van der Waals surface area (Å²) in [7, 11) is 3.21. The lowest BCUT2D eigenvalue weighted by atomic mass is 10.0. The molecule has 7 rings (SSSR count). The molecular weight excluding hydrogens is 636 g/mol. The molecule has 1 saturated heterocycles. The monoisotopic (exact) mass is 671 g/mol. The largest absolute Gasteiger partial charge is 0.494 e. The van der Waals surface area contributed by atoms with Gasteiger partial charge in [-0.05, 0) is 66.1 Å². The maximum absolute atomic E-state index is 13.5. The summed E-state index contributed by atoms with van der Waals surface area (Å²) in [6.07, 6.45) is 1.38. The molecule has 48 heavy (non-hydrogen) atoms. The Morgan fingerprint density at radius 3 is 1.67 bits per heavy atom. The second-order valence-corrected chi connectivity index (χ2v) is 11.1. The van der Waals surface area contributed by atoms with Crippen molar-refractivity contribution in [2.45, 2.75) is 31.6 Å². The number of nitrogens with zero attached hydrogens (tertiary/aromatic N) is 2. The van der Waals surface area contributed by atoms with Crippen molar-refractivity contribution in [3.8, 4) is 34.0 Å². The van der Waals surface area contributed by atoms with Gasteiger partial charge in [-0.2, -0.15) is 0 Å². The fourth-order valence-electron chi connectivity index (χ4n) is 5.35. The van der Waals surface area contributed by atoms with Gasteiger partial charge in [0.05, 0.1) is 25.6 Å². The van der Waals surface area contributed by atoms with Gasteiger partial charge in [0.15, 0.2) is 6.29 Å². The molecule has 10 heteroatoms. The molecule has 0 aliphatic carbocycles. The molecule has 3 N–H and O–H groups in total. The summed E-state index contributed by atoms with van der Waals surface area (Å²) in [6.45, 7) is 1.08. The summed E-state index contributed by atoms with van der Waals surface area (Å²) in [6, 6.07) is 28.1. The zero-order valence-corrected chi connectivity index (χ0v) is 27.4. The number of pyridine rings is 2. The normalized spacial score (nSPS) is 13.8. The summed E-state index contributed by atoms with van der Waals surface area (Å²) in [5.41, 5.74) is 11.8. The van der Waals surface area contributed by atoms with E-state index in [1.165, 1.54) is 24.3 Å². The third-order valence-corrected chi connectivity index (χ3v) is 7.97. The summed E-state index contributed by atoms with van der Waals surface area (Å²) in [5.74, 6) is 1.10. The lowest BCUT2D eigenvalue weighted by Crippen LogP contribution is -2.02. The molecule has 3 heterocycles. The predicted octanol–water partition coefficient (Wildman–Crippen LogP) is 8.41. The highest BCUT2D eigenvalue weighted by atomic mass is 35.5. The van der Waals surface area contributed by atoms with Gasteiger partial charge in [0.2, 0.25) is 0 Å². The van der Waals surface area contributed by atoms with Crippen LogP contribution >= 0.6 is 11.6 Å². The molecule has 1 atom stereocenters. The van der Waals surface area contributed by atoms with Gasteiger partial charge in [-0.3, -0.25) is 0 Å². The van der Waals surface area contributed by atoms with Crippen molar-refractivity contribution in [2.24, 2.45) is 5.73 Å². The van der Waals surface area contributed by atoms with Crippen LogP contribution in [0.1, 0.15) is 24.0 Å². The Balaban J connectivity index is 0.000000160. The van der Waals surface area contributed by atoms with E-state index in [1.807, 2.05) is 60.7 Å². The number of rotatable bonds is 6. The number of aliphatic hydroxyl groups is 1. The van der Waals surface area contributed by atoms with Gasteiger partial charge in [-0.25, -0.2) is 18.7 Å². The van der Waals surface area contributed by atoms with Crippen molar-refractivity contribution in [2.75, 3.05) is 20.8 Å². The van der Waals surface area contributed by atoms with Crippen LogP contribution in [0.5, 0.6) is 11.5 Å². The number of alkyl halides is 1. The van der Waals surface area contributed by atoms with Crippen LogP contribution in [-0.2, 0) is 17.2 Å². The average Bonchev–Trinajstić information content (AvgIpc) is 3.61. The fraction of sp³-hybridized carbons (Fsp3) is 0.211. The van der Waals surface area contributed by atoms with E-state index >= 15 is 0 Å². The molecule has 6 aromatic rings. The molecule has 0 radical (unpaired) electrons. The first kappa shape index (κ1) is 34.7. The number of aliphatic hydroxyl groups excluding tert-OH is 1. The van der Waals surface area contributed by atoms with E-state index in [4.69, 9.17) is 36.7 Å². The molecule has 2 aromatic heterocycles. The molecule has 0 amide bonds. The minimum absolute atomic E-state index is 0.294. The first-order valence-electron chi connectivity index (χ1n) is 15.4. The van der Waals surface area contributed by atoms with Crippen LogP contribution in [0.15, 0.2) is 97.1 Å². The molecule has 1 aliphatic heterocycles. The Kier molecular flexibility index (Phi) is 11.9. The van der Waals surface area contributed by atoms with Crippen LogP contribution in [-0.4, -0.2) is 42.2 Å². The molecule has 1 aliphatic rings. The minimum atomic E-state index is -0.454. The summed E-state index contributed by atoms with van der Waals surface area (Å²) in [5, 5.41) is 10.4. The number of halogens is 3. The summed E-state index contributed by atoms with van der Waals surface area (Å²) < 4.78 is 42.3. The van der Waals surface area contributed by atoms with Crippen LogP contribution in [0.4, 0.5) is 8.78 Å². The quantitative estimate of drug-likeness (QED) is 0.172. The third-order valence-electron chi connectivity index (χ3n) is 7.68. The highest BCUT2D eigenvalue weighted by molar-refractivity contribution is 6.17. The summed E-state index contributed by atoms with van der Waals surface area (Å²) in [4.78, 5) is 9.31. The minimum Gasteiger partial charge on any atom is -0.494 e. The highest BCUT2D eigenvalue weighted by Gasteiger charge is 2.13. The van der Waals surface area contributed by atoms with E-state index in [0.29, 0.717) is 46.4 Å². The highest BCUT2D eigenvalue weighted by Crippen LogP contribution is 2.32. The van der Waals surface area contributed by atoms with E-state index in [0.717, 1.165) is 52.4 Å². The van der Waals surface area contributed by atoms with Crippen molar-refractivity contribution < 1.29 is 28.1 Å². The number of benzene rings is 4. The Hall–Kier alpha value is -4.67. The number of hydrogen-bond acceptors (Lipinski definition) is 7. The van der Waals surface area contributed by atoms with Crippen molar-refractivity contribution in [1.29, 1.82) is 0 Å². The lowest BCUT2D eigenvalue weighted by molar-refractivity contribution is -0.0589. The van der Waals surface area contributed by atoms with E-state index in [9.17, 15) is 8.78 Å². The average molecular weight is 672 g/mol. The zero-order valence-electron chi connectivity index (χ0n) is 26.6. The first-order valence-corrected chi connectivity index (χ1v) is 15.9. The maximum Gasteiger partial charge on any atom is 0.154 e. The molecule has 0 bridgehead atoms. The Labute approximate surface area is 282 Å². The van der Waals surface area contributed by atoms with Gasteiger partial charge in [-0.15, -0.1) is 11.6 Å². The molecule has 1 fully saturated rings. The van der Waals surface area contributed by atoms with Crippen molar-refractivity contribution in [3.05, 3.63) is 120 Å². The molecule has 248 valence electrons. The SMILES string of the molecule is COc1cccc2cc(CCl)c(-c3cccc(F)c3)nc12.COc1cccc2cc(CN)c(-c3cccc(F)c3)nc12.OC1CCCO1. The Bertz CT molecular complexity index is 1870. The topological polar surface area (TPSA) is 99.7 Å². The molecular formula is C38H36ClF2N3O4. The van der Waals surface area contributed by atoms with Crippen LogP contribution in [0, 0.1) is 11.6 Å². The number of aromatic nitrogens is 2. The second kappa shape index (κ2) is 16.4. The number of methoxy groups -OCH3 is 2.